The van der Waals surface area contributed by atoms with E-state index in [9.17, 15) is 43.2 Å². The molecule has 0 radical (unpaired) electrons. The molecule has 0 amide bonds. The van der Waals surface area contributed by atoms with Gasteiger partial charge in [-0.1, -0.05) is 359 Å². The molecule has 0 saturated carbocycles. The van der Waals surface area contributed by atoms with Crippen LogP contribution >= 0.6 is 15.6 Å². The van der Waals surface area contributed by atoms with Crippen LogP contribution in [0.4, 0.5) is 0 Å². The molecule has 0 aromatic rings. The van der Waals surface area contributed by atoms with Gasteiger partial charge in [0, 0.05) is 25.7 Å². The molecular formula is C83H154O17P2. The molecule has 0 heterocycles. The van der Waals surface area contributed by atoms with Crippen LogP contribution in [0.5, 0.6) is 0 Å². The van der Waals surface area contributed by atoms with Gasteiger partial charge >= 0.3 is 39.5 Å². The predicted molar refractivity (Wildman–Crippen MR) is 418 cm³/mol. The molecule has 598 valence electrons. The van der Waals surface area contributed by atoms with Crippen LogP contribution in [0.25, 0.3) is 0 Å². The van der Waals surface area contributed by atoms with Gasteiger partial charge in [-0.05, 0) is 64.2 Å². The smallest absolute Gasteiger partial charge is 0.462 e. The first kappa shape index (κ1) is 99.0. The number of ether oxygens (including phenoxy) is 4. The number of carbonyl (C=O) groups excluding carboxylic acids is 4. The first-order chi connectivity index (χ1) is 49.7. The normalized spacial score (nSPS) is 14.1. The molecule has 0 spiro atoms. The molecule has 5 unspecified atom stereocenters. The molecule has 19 heteroatoms. The molecule has 0 aromatic heterocycles. The lowest BCUT2D eigenvalue weighted by Crippen LogP contribution is -2.30. The summed E-state index contributed by atoms with van der Waals surface area (Å²) in [6.07, 6.45) is 75.0. The summed E-state index contributed by atoms with van der Waals surface area (Å²) >= 11 is 0. The Bertz CT molecular complexity index is 2120. The van der Waals surface area contributed by atoms with Crippen molar-refractivity contribution in [3.8, 4) is 0 Å². The summed E-state index contributed by atoms with van der Waals surface area (Å²) in [6, 6.07) is 0. The number of unbranched alkanes of at least 4 members (excludes halogenated alkanes) is 46. The minimum Gasteiger partial charge on any atom is -0.462 e. The quantitative estimate of drug-likeness (QED) is 0.0169. The molecule has 5 atom stereocenters. The molecule has 3 N–H and O–H groups in total. The third kappa shape index (κ3) is 75.3. The van der Waals surface area contributed by atoms with Gasteiger partial charge < -0.3 is 33.8 Å². The molecule has 0 aliphatic heterocycles. The molecule has 0 aliphatic rings. The molecule has 0 fully saturated rings. The molecule has 0 aliphatic carbocycles. The van der Waals surface area contributed by atoms with Crippen LogP contribution in [-0.2, 0) is 65.4 Å². The number of rotatable bonds is 80. The molecule has 0 saturated heterocycles. The average Bonchev–Trinajstić information content (AvgIpc) is 0.923. The van der Waals surface area contributed by atoms with E-state index in [1.165, 1.54) is 199 Å². The monoisotopic (exact) mass is 1490 g/mol. The van der Waals surface area contributed by atoms with Crippen molar-refractivity contribution in [2.45, 2.75) is 418 Å². The van der Waals surface area contributed by atoms with Gasteiger partial charge in [0.2, 0.25) is 0 Å². The number of hydrogen-bond acceptors (Lipinski definition) is 15. The highest BCUT2D eigenvalue weighted by molar-refractivity contribution is 7.47. The molecular weight excluding hydrogens is 1330 g/mol. The summed E-state index contributed by atoms with van der Waals surface area (Å²) < 4.78 is 68.8. The van der Waals surface area contributed by atoms with Gasteiger partial charge in [-0.15, -0.1) is 0 Å². The van der Waals surface area contributed by atoms with Crippen molar-refractivity contribution in [3.05, 3.63) is 48.6 Å². The van der Waals surface area contributed by atoms with E-state index in [0.717, 1.165) is 122 Å². The molecule has 0 rings (SSSR count). The third-order valence-electron chi connectivity index (χ3n) is 18.3. The summed E-state index contributed by atoms with van der Waals surface area (Å²) in [7, 11) is -9.94. The molecule has 17 nitrogen and oxygen atoms in total. The van der Waals surface area contributed by atoms with Crippen LogP contribution in [0, 0.1) is 0 Å². The van der Waals surface area contributed by atoms with Crippen LogP contribution < -0.4 is 0 Å². The van der Waals surface area contributed by atoms with Gasteiger partial charge in [-0.25, -0.2) is 9.13 Å². The van der Waals surface area contributed by atoms with E-state index in [2.05, 4.69) is 76.3 Å². The average molecular weight is 1490 g/mol. The van der Waals surface area contributed by atoms with E-state index in [1.807, 2.05) is 0 Å². The second-order valence-corrected chi connectivity index (χ2v) is 31.3. The van der Waals surface area contributed by atoms with E-state index < -0.39 is 97.5 Å². The third-order valence-corrected chi connectivity index (χ3v) is 20.2. The van der Waals surface area contributed by atoms with Crippen molar-refractivity contribution in [1.82, 2.24) is 0 Å². The summed E-state index contributed by atoms with van der Waals surface area (Å²) in [5.74, 6) is -2.15. The summed E-state index contributed by atoms with van der Waals surface area (Å²) in [4.78, 5) is 73.1. The fourth-order valence-corrected chi connectivity index (χ4v) is 13.6. The zero-order valence-electron chi connectivity index (χ0n) is 65.6. The van der Waals surface area contributed by atoms with E-state index in [0.29, 0.717) is 25.7 Å². The minimum atomic E-state index is -4.97. The van der Waals surface area contributed by atoms with Gasteiger partial charge in [-0.3, -0.25) is 37.3 Å². The Labute approximate surface area is 623 Å². The summed E-state index contributed by atoms with van der Waals surface area (Å²) in [5.41, 5.74) is 0. The maximum atomic E-state index is 13.1. The standard InChI is InChI=1S/C83H154O17P2/c1-5-9-13-17-21-25-29-33-37-38-42-44-48-52-56-60-64-68-81(86)94-74-79(100-83(88)70-66-62-58-54-50-46-41-36-32-28-24-20-16-12-8-4)76-98-102(91,92)96-72-77(84)71-95-101(89,90)97-75-78(99-82(87)69-65-61-57-53-49-45-40-35-31-27-23-19-15-11-7-3)73-93-80(85)67-63-59-55-51-47-43-39-34-30-26-22-18-14-10-6-2/h9,13,21,25,33,37,42,44,77-79,84H,5-8,10-12,14-20,22-24,26-32,34-36,38-41,43,45-76H2,1-4H3,(H,89,90)(H,91,92)/b13-9-,25-21-,37-33-,44-42-. The topological polar surface area (TPSA) is 237 Å². The Morgan fingerprint density at radius 1 is 0.284 bits per heavy atom. The van der Waals surface area contributed by atoms with Crippen LogP contribution in [-0.4, -0.2) is 96.7 Å². The van der Waals surface area contributed by atoms with Crippen LogP contribution in [0.15, 0.2) is 48.6 Å². The van der Waals surface area contributed by atoms with E-state index in [1.54, 1.807) is 0 Å². The summed E-state index contributed by atoms with van der Waals surface area (Å²) in [5, 5.41) is 10.7. The van der Waals surface area contributed by atoms with Gasteiger partial charge in [-0.2, -0.15) is 0 Å². The second-order valence-electron chi connectivity index (χ2n) is 28.4. The maximum Gasteiger partial charge on any atom is 0.472 e. The van der Waals surface area contributed by atoms with Crippen molar-refractivity contribution in [2.75, 3.05) is 39.6 Å². The Hall–Kier alpha value is -2.98. The first-order valence-corrected chi connectivity index (χ1v) is 44.9. The Morgan fingerprint density at radius 3 is 0.784 bits per heavy atom. The van der Waals surface area contributed by atoms with Crippen molar-refractivity contribution in [3.63, 3.8) is 0 Å². The highest BCUT2D eigenvalue weighted by atomic mass is 31.2. The number of aliphatic hydroxyl groups is 1. The van der Waals surface area contributed by atoms with Crippen molar-refractivity contribution in [2.24, 2.45) is 0 Å². The van der Waals surface area contributed by atoms with Gasteiger partial charge in [0.25, 0.3) is 0 Å². The Morgan fingerprint density at radius 2 is 0.510 bits per heavy atom. The van der Waals surface area contributed by atoms with Crippen molar-refractivity contribution >= 4 is 39.5 Å². The number of carbonyl (C=O) groups is 4. The molecule has 0 bridgehead atoms. The zero-order chi connectivity index (χ0) is 74.6. The van der Waals surface area contributed by atoms with Crippen molar-refractivity contribution < 1.29 is 80.2 Å². The van der Waals surface area contributed by atoms with Gasteiger partial charge in [0.05, 0.1) is 26.4 Å². The predicted octanol–water partition coefficient (Wildman–Crippen LogP) is 24.5. The number of phosphoric ester groups is 2. The summed E-state index contributed by atoms with van der Waals surface area (Å²) in [6.45, 7) is 4.86. The highest BCUT2D eigenvalue weighted by Gasteiger charge is 2.30. The van der Waals surface area contributed by atoms with Crippen LogP contribution in [0.3, 0.4) is 0 Å². The number of allylic oxidation sites excluding steroid dienone is 8. The van der Waals surface area contributed by atoms with E-state index in [-0.39, 0.29) is 25.7 Å². The van der Waals surface area contributed by atoms with Gasteiger partial charge in [0.15, 0.2) is 12.2 Å². The lowest BCUT2D eigenvalue weighted by Gasteiger charge is -2.21. The number of phosphoric acid groups is 2. The highest BCUT2D eigenvalue weighted by Crippen LogP contribution is 2.45. The van der Waals surface area contributed by atoms with Crippen LogP contribution in [0.2, 0.25) is 0 Å². The zero-order valence-corrected chi connectivity index (χ0v) is 67.3. The first-order valence-electron chi connectivity index (χ1n) is 41.9. The Kier molecular flexibility index (Phi) is 74.0. The molecule has 102 heavy (non-hydrogen) atoms. The lowest BCUT2D eigenvalue weighted by molar-refractivity contribution is -0.161. The minimum absolute atomic E-state index is 0.0972. The number of esters is 4. The van der Waals surface area contributed by atoms with E-state index >= 15 is 0 Å². The SMILES string of the molecule is CC/C=C\C/C=C\C/C=C\C/C=C\CCCCCCC(=O)OCC(COP(=O)(O)OCC(O)COP(=O)(O)OCC(COC(=O)CCCCCCCCCCCCCCCCC)OC(=O)CCCCCCCCCCCCCCCCC)OC(=O)CCCCCCCCCCCCCCCCC. The second kappa shape index (κ2) is 76.2. The van der Waals surface area contributed by atoms with Gasteiger partial charge in [0.1, 0.15) is 19.3 Å². The number of aliphatic hydroxyl groups excluding tert-OH is 1. The number of hydrogen-bond donors (Lipinski definition) is 3. The fourth-order valence-electron chi connectivity index (χ4n) is 12.0. The van der Waals surface area contributed by atoms with Crippen molar-refractivity contribution in [1.29, 1.82) is 0 Å². The van der Waals surface area contributed by atoms with E-state index in [4.69, 9.17) is 37.0 Å². The fraction of sp³-hybridized carbons (Fsp3) is 0.855. The Balaban J connectivity index is 5.32. The molecule has 0 aromatic carbocycles. The van der Waals surface area contributed by atoms with Crippen LogP contribution in [0.1, 0.15) is 400 Å². The maximum absolute atomic E-state index is 13.1. The largest absolute Gasteiger partial charge is 0.472 e. The lowest BCUT2D eigenvalue weighted by atomic mass is 10.0.